The summed E-state index contributed by atoms with van der Waals surface area (Å²) in [5, 5.41) is 0. The zero-order valence-corrected chi connectivity index (χ0v) is 12.3. The van der Waals surface area contributed by atoms with Crippen molar-refractivity contribution in [1.82, 2.24) is 4.98 Å². The first-order chi connectivity index (χ1) is 9.65. The van der Waals surface area contributed by atoms with E-state index in [0.29, 0.717) is 30.8 Å². The van der Waals surface area contributed by atoms with Crippen molar-refractivity contribution in [2.24, 2.45) is 0 Å². The minimum Gasteiger partial charge on any atom is -0.492 e. The summed E-state index contributed by atoms with van der Waals surface area (Å²) < 4.78 is 19.1. The van der Waals surface area contributed by atoms with Gasteiger partial charge >= 0.3 is 0 Å². The molecule has 20 heavy (non-hydrogen) atoms. The third kappa shape index (κ3) is 4.42. The number of hydrogen-bond acceptors (Lipinski definition) is 3. The molecule has 0 saturated carbocycles. The highest BCUT2D eigenvalue weighted by Crippen LogP contribution is 2.16. The molecule has 0 radical (unpaired) electrons. The second-order valence-electron chi connectivity index (χ2n) is 4.22. The van der Waals surface area contributed by atoms with Gasteiger partial charge in [-0.05, 0) is 52.7 Å². The fraction of sp³-hybridized carbons (Fsp3) is 0.200. The summed E-state index contributed by atoms with van der Waals surface area (Å²) in [5.41, 5.74) is 0.524. The second kappa shape index (κ2) is 7.14. The van der Waals surface area contributed by atoms with Gasteiger partial charge in [-0.15, -0.1) is 0 Å². The number of nitrogens with zero attached hydrogens (tertiary/aromatic N) is 1. The van der Waals surface area contributed by atoms with Gasteiger partial charge < -0.3 is 4.74 Å². The summed E-state index contributed by atoms with van der Waals surface area (Å²) in [4.78, 5) is 15.8. The normalized spacial score (nSPS) is 10.3. The Morgan fingerprint density at radius 1 is 1.25 bits per heavy atom. The Balaban J connectivity index is 1.76. The lowest BCUT2D eigenvalue weighted by molar-refractivity contribution is 0.0973. The number of Topliss-reactive ketones (excluding diaryl/α,β-unsaturated/α-hetero) is 1. The molecule has 1 aromatic carbocycles. The summed E-state index contributed by atoms with van der Waals surface area (Å²) >= 11 is 3.30. The van der Waals surface area contributed by atoms with E-state index in [4.69, 9.17) is 4.74 Å². The number of pyridine rings is 1. The van der Waals surface area contributed by atoms with Gasteiger partial charge in [0.15, 0.2) is 5.78 Å². The Morgan fingerprint density at radius 2 is 2.00 bits per heavy atom. The fourth-order valence-electron chi connectivity index (χ4n) is 1.67. The van der Waals surface area contributed by atoms with Crippen LogP contribution in [-0.2, 0) is 0 Å². The smallest absolute Gasteiger partial charge is 0.163 e. The quantitative estimate of drug-likeness (QED) is 0.590. The highest BCUT2D eigenvalue weighted by atomic mass is 79.9. The number of halogens is 2. The van der Waals surface area contributed by atoms with E-state index in [-0.39, 0.29) is 11.6 Å². The molecule has 0 amide bonds. The molecule has 0 saturated heterocycles. The van der Waals surface area contributed by atoms with Crippen molar-refractivity contribution in [3.8, 4) is 5.75 Å². The zero-order chi connectivity index (χ0) is 14.4. The molecule has 2 aromatic rings. The number of rotatable bonds is 6. The zero-order valence-electron chi connectivity index (χ0n) is 10.7. The van der Waals surface area contributed by atoms with E-state index >= 15 is 0 Å². The maximum atomic E-state index is 12.7. The lowest BCUT2D eigenvalue weighted by Crippen LogP contribution is -2.04. The number of hydrogen-bond donors (Lipinski definition) is 0. The van der Waals surface area contributed by atoms with Gasteiger partial charge in [0.1, 0.15) is 11.6 Å². The average molecular weight is 338 g/mol. The van der Waals surface area contributed by atoms with Crippen LogP contribution in [0.4, 0.5) is 4.39 Å². The Labute approximate surface area is 124 Å². The molecule has 0 unspecified atom stereocenters. The van der Waals surface area contributed by atoms with E-state index in [1.165, 1.54) is 24.3 Å². The Bertz CT molecular complexity index is 587. The van der Waals surface area contributed by atoms with E-state index in [0.717, 1.165) is 4.47 Å². The van der Waals surface area contributed by atoms with Crippen LogP contribution >= 0.6 is 15.9 Å². The van der Waals surface area contributed by atoms with E-state index in [2.05, 4.69) is 20.9 Å². The average Bonchev–Trinajstić information content (AvgIpc) is 2.44. The minimum absolute atomic E-state index is 0.0130. The molecule has 1 aromatic heterocycles. The largest absolute Gasteiger partial charge is 0.492 e. The number of ketones is 1. The SMILES string of the molecule is O=C(CCCOc1cncc(Br)c1)c1ccc(F)cc1. The first kappa shape index (κ1) is 14.7. The van der Waals surface area contributed by atoms with Crippen LogP contribution in [0.2, 0.25) is 0 Å². The van der Waals surface area contributed by atoms with Gasteiger partial charge in [-0.1, -0.05) is 0 Å². The molecule has 0 bridgehead atoms. The molecule has 0 aliphatic carbocycles. The number of ether oxygens (including phenoxy) is 1. The van der Waals surface area contributed by atoms with Crippen molar-refractivity contribution >= 4 is 21.7 Å². The van der Waals surface area contributed by atoms with Gasteiger partial charge in [0.2, 0.25) is 0 Å². The minimum atomic E-state index is -0.341. The van der Waals surface area contributed by atoms with E-state index in [9.17, 15) is 9.18 Å². The van der Waals surface area contributed by atoms with E-state index in [1.807, 2.05) is 6.07 Å². The number of aromatic nitrogens is 1. The molecule has 2 rings (SSSR count). The second-order valence-corrected chi connectivity index (χ2v) is 5.14. The van der Waals surface area contributed by atoms with E-state index < -0.39 is 0 Å². The highest BCUT2D eigenvalue weighted by Gasteiger charge is 2.06. The Kier molecular flexibility index (Phi) is 5.24. The molecule has 0 spiro atoms. The van der Waals surface area contributed by atoms with Gasteiger partial charge in [-0.2, -0.15) is 0 Å². The van der Waals surface area contributed by atoms with Gasteiger partial charge in [0.25, 0.3) is 0 Å². The molecule has 0 N–H and O–H groups in total. The standard InChI is InChI=1S/C15H13BrFNO2/c16-12-8-14(10-18-9-12)20-7-1-2-15(19)11-3-5-13(17)6-4-11/h3-6,8-10H,1-2,7H2. The number of carbonyl (C=O) groups excluding carboxylic acids is 1. The van der Waals surface area contributed by atoms with Gasteiger partial charge in [0.05, 0.1) is 12.8 Å². The molecule has 0 fully saturated rings. The van der Waals surface area contributed by atoms with Gasteiger partial charge in [-0.3, -0.25) is 9.78 Å². The predicted octanol–water partition coefficient (Wildman–Crippen LogP) is 4.03. The van der Waals surface area contributed by atoms with Crippen LogP contribution in [0.25, 0.3) is 0 Å². The van der Waals surface area contributed by atoms with Crippen LogP contribution in [0.3, 0.4) is 0 Å². The first-order valence-electron chi connectivity index (χ1n) is 6.17. The predicted molar refractivity (Wildman–Crippen MR) is 77.4 cm³/mol. The van der Waals surface area contributed by atoms with Crippen molar-refractivity contribution in [3.05, 3.63) is 58.6 Å². The van der Waals surface area contributed by atoms with Crippen LogP contribution in [-0.4, -0.2) is 17.4 Å². The lowest BCUT2D eigenvalue weighted by Gasteiger charge is -2.05. The van der Waals surface area contributed by atoms with Crippen LogP contribution in [0, 0.1) is 5.82 Å². The molecule has 0 aliphatic heterocycles. The summed E-state index contributed by atoms with van der Waals surface area (Å²) in [6, 6.07) is 7.39. The molecular formula is C15H13BrFNO2. The number of carbonyl (C=O) groups is 1. The third-order valence-corrected chi connectivity index (χ3v) is 3.10. The monoisotopic (exact) mass is 337 g/mol. The van der Waals surface area contributed by atoms with Crippen LogP contribution in [0.15, 0.2) is 47.2 Å². The Morgan fingerprint density at radius 3 is 2.70 bits per heavy atom. The summed E-state index contributed by atoms with van der Waals surface area (Å²) in [5.74, 6) is 0.307. The fourth-order valence-corrected chi connectivity index (χ4v) is 2.02. The van der Waals surface area contributed by atoms with Gasteiger partial charge in [0, 0.05) is 22.7 Å². The van der Waals surface area contributed by atoms with Crippen molar-refractivity contribution in [1.29, 1.82) is 0 Å². The maximum absolute atomic E-state index is 12.7. The lowest BCUT2D eigenvalue weighted by atomic mass is 10.1. The van der Waals surface area contributed by atoms with Crippen molar-refractivity contribution in [2.45, 2.75) is 12.8 Å². The molecule has 3 nitrogen and oxygen atoms in total. The molecule has 1 heterocycles. The Hall–Kier alpha value is -1.75. The maximum Gasteiger partial charge on any atom is 0.163 e. The molecular weight excluding hydrogens is 325 g/mol. The van der Waals surface area contributed by atoms with Crippen molar-refractivity contribution < 1.29 is 13.9 Å². The summed E-state index contributed by atoms with van der Waals surface area (Å²) in [6.45, 7) is 0.436. The van der Waals surface area contributed by atoms with Crippen LogP contribution in [0.5, 0.6) is 5.75 Å². The van der Waals surface area contributed by atoms with Crippen LogP contribution in [0.1, 0.15) is 23.2 Å². The highest BCUT2D eigenvalue weighted by molar-refractivity contribution is 9.10. The van der Waals surface area contributed by atoms with Crippen molar-refractivity contribution in [2.75, 3.05) is 6.61 Å². The van der Waals surface area contributed by atoms with E-state index in [1.54, 1.807) is 12.4 Å². The third-order valence-electron chi connectivity index (χ3n) is 2.66. The number of benzene rings is 1. The first-order valence-corrected chi connectivity index (χ1v) is 6.96. The molecule has 0 aliphatic rings. The molecule has 5 heteroatoms. The van der Waals surface area contributed by atoms with Gasteiger partial charge in [-0.25, -0.2) is 4.39 Å². The summed E-state index contributed by atoms with van der Waals surface area (Å²) in [6.07, 6.45) is 4.26. The molecule has 104 valence electrons. The summed E-state index contributed by atoms with van der Waals surface area (Å²) in [7, 11) is 0. The topological polar surface area (TPSA) is 39.2 Å². The molecule has 0 atom stereocenters. The van der Waals surface area contributed by atoms with Crippen LogP contribution < -0.4 is 4.74 Å². The van der Waals surface area contributed by atoms with Crippen molar-refractivity contribution in [3.63, 3.8) is 0 Å².